The van der Waals surface area contributed by atoms with Crippen molar-refractivity contribution in [2.75, 3.05) is 6.54 Å². The molecule has 0 radical (unpaired) electrons. The molecule has 5 heteroatoms. The van der Waals surface area contributed by atoms with E-state index in [9.17, 15) is 15.3 Å². The van der Waals surface area contributed by atoms with Crippen LogP contribution in [0.4, 0.5) is 0 Å². The smallest absolute Gasteiger partial charge is 0.111 e. The lowest BCUT2D eigenvalue weighted by molar-refractivity contribution is -0.213. The Bertz CT molecular complexity index is 150. The first-order valence-corrected chi connectivity index (χ1v) is 3.97. The SMILES string of the molecule is C[C@H]1O[C@H](CN)[C@H](O)C(O)[C@@H]1O. The predicted octanol–water partition coefficient (Wildman–Crippen LogP) is -2.18. The first-order valence-electron chi connectivity index (χ1n) is 3.97. The number of aliphatic hydroxyl groups excluding tert-OH is 3. The van der Waals surface area contributed by atoms with E-state index in [0.29, 0.717) is 0 Å². The fraction of sp³-hybridized carbons (Fsp3) is 1.00. The van der Waals surface area contributed by atoms with E-state index >= 15 is 0 Å². The molecule has 0 aromatic heterocycles. The van der Waals surface area contributed by atoms with E-state index in [0.717, 1.165) is 0 Å². The normalized spacial score (nSPS) is 49.2. The minimum Gasteiger partial charge on any atom is -0.388 e. The van der Waals surface area contributed by atoms with Crippen LogP contribution in [0.3, 0.4) is 0 Å². The fourth-order valence-corrected chi connectivity index (χ4v) is 1.33. The van der Waals surface area contributed by atoms with E-state index in [4.69, 9.17) is 10.5 Å². The van der Waals surface area contributed by atoms with Crippen molar-refractivity contribution in [2.24, 2.45) is 5.73 Å². The van der Waals surface area contributed by atoms with Crippen LogP contribution in [0.1, 0.15) is 6.92 Å². The molecule has 0 saturated carbocycles. The maximum Gasteiger partial charge on any atom is 0.111 e. The summed E-state index contributed by atoms with van der Waals surface area (Å²) in [6.07, 6.45) is -4.37. The second-order valence-corrected chi connectivity index (χ2v) is 3.09. The third kappa shape index (κ3) is 1.60. The minimum atomic E-state index is -1.16. The largest absolute Gasteiger partial charge is 0.388 e. The number of hydrogen-bond acceptors (Lipinski definition) is 5. The van der Waals surface area contributed by atoms with E-state index < -0.39 is 30.5 Å². The maximum absolute atomic E-state index is 9.31. The van der Waals surface area contributed by atoms with Gasteiger partial charge in [-0.25, -0.2) is 0 Å². The van der Waals surface area contributed by atoms with Gasteiger partial charge in [0.05, 0.1) is 12.2 Å². The first kappa shape index (κ1) is 9.88. The second kappa shape index (κ2) is 3.68. The van der Waals surface area contributed by atoms with Crippen LogP contribution in [0.5, 0.6) is 0 Å². The number of hydrogen-bond donors (Lipinski definition) is 4. The Hall–Kier alpha value is -0.200. The van der Waals surface area contributed by atoms with Gasteiger partial charge in [-0.15, -0.1) is 0 Å². The summed E-state index contributed by atoms with van der Waals surface area (Å²) in [6.45, 7) is 1.76. The summed E-state index contributed by atoms with van der Waals surface area (Å²) < 4.78 is 5.15. The molecule has 1 aliphatic heterocycles. The van der Waals surface area contributed by atoms with Crippen molar-refractivity contribution in [3.05, 3.63) is 0 Å². The van der Waals surface area contributed by atoms with Crippen LogP contribution in [0, 0.1) is 0 Å². The van der Waals surface area contributed by atoms with E-state index in [1.807, 2.05) is 0 Å². The van der Waals surface area contributed by atoms with Crippen LogP contribution in [0.15, 0.2) is 0 Å². The van der Waals surface area contributed by atoms with Gasteiger partial charge in [0.1, 0.15) is 18.3 Å². The minimum absolute atomic E-state index is 0.134. The molecular weight excluding hydrogens is 162 g/mol. The van der Waals surface area contributed by atoms with Crippen molar-refractivity contribution in [3.63, 3.8) is 0 Å². The molecule has 1 aliphatic rings. The number of ether oxygens (including phenoxy) is 1. The van der Waals surface area contributed by atoms with Crippen LogP contribution < -0.4 is 5.73 Å². The highest BCUT2D eigenvalue weighted by molar-refractivity contribution is 4.90. The van der Waals surface area contributed by atoms with Gasteiger partial charge in [-0.05, 0) is 6.92 Å². The van der Waals surface area contributed by atoms with Crippen LogP contribution in [-0.4, -0.2) is 52.4 Å². The van der Waals surface area contributed by atoms with E-state index in [1.54, 1.807) is 6.92 Å². The summed E-state index contributed by atoms with van der Waals surface area (Å²) in [4.78, 5) is 0. The van der Waals surface area contributed by atoms with Gasteiger partial charge in [-0.2, -0.15) is 0 Å². The molecule has 1 unspecified atom stereocenters. The highest BCUT2D eigenvalue weighted by Gasteiger charge is 2.40. The topological polar surface area (TPSA) is 95.9 Å². The van der Waals surface area contributed by atoms with Crippen LogP contribution in [0.2, 0.25) is 0 Å². The number of nitrogens with two attached hydrogens (primary N) is 1. The third-order valence-electron chi connectivity index (χ3n) is 2.18. The summed E-state index contributed by atoms with van der Waals surface area (Å²) in [5.41, 5.74) is 5.29. The van der Waals surface area contributed by atoms with Gasteiger partial charge in [0, 0.05) is 6.54 Å². The molecule has 0 aliphatic carbocycles. The van der Waals surface area contributed by atoms with Crippen LogP contribution in [0.25, 0.3) is 0 Å². The van der Waals surface area contributed by atoms with Gasteiger partial charge in [-0.3, -0.25) is 0 Å². The van der Waals surface area contributed by atoms with E-state index in [-0.39, 0.29) is 6.54 Å². The highest BCUT2D eigenvalue weighted by atomic mass is 16.5. The van der Waals surface area contributed by atoms with Crippen molar-refractivity contribution in [1.29, 1.82) is 0 Å². The second-order valence-electron chi connectivity index (χ2n) is 3.09. The van der Waals surface area contributed by atoms with Crippen LogP contribution >= 0.6 is 0 Å². The Morgan fingerprint density at radius 1 is 1.17 bits per heavy atom. The average molecular weight is 177 g/mol. The number of aliphatic hydroxyl groups is 3. The monoisotopic (exact) mass is 177 g/mol. The molecule has 5 atom stereocenters. The van der Waals surface area contributed by atoms with E-state index in [2.05, 4.69) is 0 Å². The van der Waals surface area contributed by atoms with Crippen molar-refractivity contribution in [3.8, 4) is 0 Å². The van der Waals surface area contributed by atoms with Crippen molar-refractivity contribution in [1.82, 2.24) is 0 Å². The third-order valence-corrected chi connectivity index (χ3v) is 2.18. The quantitative estimate of drug-likeness (QED) is 0.365. The Labute approximate surface area is 70.8 Å². The molecule has 72 valence electrons. The van der Waals surface area contributed by atoms with Crippen LogP contribution in [-0.2, 0) is 4.74 Å². The molecule has 5 nitrogen and oxygen atoms in total. The molecular formula is C7H15NO4. The molecule has 0 aromatic rings. The molecule has 0 aromatic carbocycles. The molecule has 12 heavy (non-hydrogen) atoms. The summed E-state index contributed by atoms with van der Waals surface area (Å²) in [7, 11) is 0. The van der Waals surface area contributed by atoms with Crippen molar-refractivity contribution in [2.45, 2.75) is 37.4 Å². The zero-order valence-electron chi connectivity index (χ0n) is 6.92. The van der Waals surface area contributed by atoms with Gasteiger partial charge in [0.2, 0.25) is 0 Å². The molecule has 0 bridgehead atoms. The molecule has 1 fully saturated rings. The molecule has 1 heterocycles. The van der Waals surface area contributed by atoms with E-state index in [1.165, 1.54) is 0 Å². The first-order chi connectivity index (χ1) is 5.57. The zero-order valence-corrected chi connectivity index (χ0v) is 6.92. The molecule has 0 amide bonds. The maximum atomic E-state index is 9.31. The van der Waals surface area contributed by atoms with Gasteiger partial charge < -0.3 is 25.8 Å². The summed E-state index contributed by atoms with van der Waals surface area (Å²) >= 11 is 0. The Kier molecular flexibility index (Phi) is 3.03. The summed E-state index contributed by atoms with van der Waals surface area (Å²) in [5.74, 6) is 0. The average Bonchev–Trinajstić information content (AvgIpc) is 2.08. The molecule has 1 saturated heterocycles. The van der Waals surface area contributed by atoms with Gasteiger partial charge >= 0.3 is 0 Å². The standard InChI is InChI=1S/C7H15NO4/c1-3-5(9)7(11)6(10)4(2-8)12-3/h3-7,9-11H,2,8H2,1H3/t3-,4-,5-,6+,7?/m1/s1. The summed E-state index contributed by atoms with van der Waals surface area (Å²) in [6, 6.07) is 0. The highest BCUT2D eigenvalue weighted by Crippen LogP contribution is 2.19. The fourth-order valence-electron chi connectivity index (χ4n) is 1.33. The predicted molar refractivity (Wildman–Crippen MR) is 41.4 cm³/mol. The Morgan fingerprint density at radius 2 is 1.75 bits per heavy atom. The number of rotatable bonds is 1. The lowest BCUT2D eigenvalue weighted by atomic mass is 9.96. The van der Waals surface area contributed by atoms with Gasteiger partial charge in [0.15, 0.2) is 0 Å². The van der Waals surface area contributed by atoms with Gasteiger partial charge in [-0.1, -0.05) is 0 Å². The molecule has 1 rings (SSSR count). The van der Waals surface area contributed by atoms with Crippen molar-refractivity contribution >= 4 is 0 Å². The Balaban J connectivity index is 2.63. The molecule has 5 N–H and O–H groups in total. The lowest BCUT2D eigenvalue weighted by Gasteiger charge is -2.38. The summed E-state index contributed by atoms with van der Waals surface area (Å²) in [5, 5.41) is 27.8. The van der Waals surface area contributed by atoms with Gasteiger partial charge in [0.25, 0.3) is 0 Å². The molecule has 0 spiro atoms. The van der Waals surface area contributed by atoms with Crippen molar-refractivity contribution < 1.29 is 20.1 Å². The zero-order chi connectivity index (χ0) is 9.30. The Morgan fingerprint density at radius 3 is 2.25 bits per heavy atom. The lowest BCUT2D eigenvalue weighted by Crippen LogP contribution is -2.58.